The number of aromatic nitrogens is 1. The molecule has 1 N–H and O–H groups in total. The molecule has 24 heavy (non-hydrogen) atoms. The number of rotatable bonds is 6. The van der Waals surface area contributed by atoms with Crippen molar-refractivity contribution in [1.29, 1.82) is 0 Å². The maximum atomic E-state index is 12.0. The van der Waals surface area contributed by atoms with Crippen molar-refractivity contribution in [3.8, 4) is 0 Å². The molecule has 0 spiro atoms. The van der Waals surface area contributed by atoms with E-state index in [9.17, 15) is 9.59 Å². The normalized spacial score (nSPS) is 10.3. The second kappa shape index (κ2) is 8.24. The van der Waals surface area contributed by atoms with E-state index in [2.05, 4.69) is 16.4 Å². The standard InChI is InChI=1S/C19H23N3O2/c1-14-10-15(2)12-18(11-14)22(16(3)23)9-6-19(24)21-13-17-4-7-20-8-5-17/h4-5,7-8,10-12H,6,9,13H2,1-3H3,(H,21,24). The first-order valence-corrected chi connectivity index (χ1v) is 7.97. The van der Waals surface area contributed by atoms with Gasteiger partial charge in [-0.05, 0) is 54.8 Å². The molecule has 5 heteroatoms. The Bertz CT molecular complexity index is 694. The van der Waals surface area contributed by atoms with Crippen LogP contribution in [0.4, 0.5) is 5.69 Å². The minimum atomic E-state index is -0.0811. The third-order valence-corrected chi connectivity index (χ3v) is 3.70. The van der Waals surface area contributed by atoms with Crippen molar-refractivity contribution in [1.82, 2.24) is 10.3 Å². The number of aryl methyl sites for hydroxylation is 2. The maximum Gasteiger partial charge on any atom is 0.223 e. The van der Waals surface area contributed by atoms with Gasteiger partial charge in [-0.3, -0.25) is 14.6 Å². The lowest BCUT2D eigenvalue weighted by molar-refractivity contribution is -0.121. The topological polar surface area (TPSA) is 62.3 Å². The first-order chi connectivity index (χ1) is 11.5. The molecule has 1 aromatic carbocycles. The van der Waals surface area contributed by atoms with Crippen LogP contribution in [0.2, 0.25) is 0 Å². The Balaban J connectivity index is 1.93. The average molecular weight is 325 g/mol. The minimum absolute atomic E-state index is 0.0677. The van der Waals surface area contributed by atoms with Crippen LogP contribution in [0, 0.1) is 13.8 Å². The van der Waals surface area contributed by atoms with Gasteiger partial charge in [0.15, 0.2) is 0 Å². The number of carbonyl (C=O) groups excluding carboxylic acids is 2. The van der Waals surface area contributed by atoms with E-state index in [4.69, 9.17) is 0 Å². The monoisotopic (exact) mass is 325 g/mol. The molecule has 1 heterocycles. The van der Waals surface area contributed by atoms with E-state index in [1.54, 1.807) is 17.3 Å². The lowest BCUT2D eigenvalue weighted by atomic mass is 10.1. The number of amides is 2. The summed E-state index contributed by atoms with van der Waals surface area (Å²) in [4.78, 5) is 29.6. The van der Waals surface area contributed by atoms with Crippen LogP contribution >= 0.6 is 0 Å². The smallest absolute Gasteiger partial charge is 0.223 e. The van der Waals surface area contributed by atoms with E-state index < -0.39 is 0 Å². The highest BCUT2D eigenvalue weighted by atomic mass is 16.2. The van der Waals surface area contributed by atoms with Gasteiger partial charge in [0.1, 0.15) is 0 Å². The average Bonchev–Trinajstić information content (AvgIpc) is 2.53. The van der Waals surface area contributed by atoms with Crippen molar-refractivity contribution in [3.05, 3.63) is 59.4 Å². The first-order valence-electron chi connectivity index (χ1n) is 7.97. The highest BCUT2D eigenvalue weighted by Crippen LogP contribution is 2.19. The molecular weight excluding hydrogens is 302 g/mol. The zero-order chi connectivity index (χ0) is 17.5. The van der Waals surface area contributed by atoms with Gasteiger partial charge in [-0.1, -0.05) is 6.07 Å². The van der Waals surface area contributed by atoms with Crippen LogP contribution < -0.4 is 10.2 Å². The number of nitrogens with one attached hydrogen (secondary N) is 1. The van der Waals surface area contributed by atoms with Gasteiger partial charge in [0.2, 0.25) is 11.8 Å². The molecule has 0 aliphatic carbocycles. The van der Waals surface area contributed by atoms with Crippen molar-refractivity contribution in [3.63, 3.8) is 0 Å². The molecule has 0 saturated heterocycles. The fourth-order valence-corrected chi connectivity index (χ4v) is 2.58. The van der Waals surface area contributed by atoms with Crippen LogP contribution in [0.25, 0.3) is 0 Å². The van der Waals surface area contributed by atoms with E-state index >= 15 is 0 Å². The number of nitrogens with zero attached hydrogens (tertiary/aromatic N) is 2. The number of hydrogen-bond donors (Lipinski definition) is 1. The minimum Gasteiger partial charge on any atom is -0.352 e. The van der Waals surface area contributed by atoms with E-state index in [1.165, 1.54) is 6.92 Å². The fraction of sp³-hybridized carbons (Fsp3) is 0.316. The summed E-state index contributed by atoms with van der Waals surface area (Å²) in [6.45, 7) is 6.34. The largest absolute Gasteiger partial charge is 0.352 e. The van der Waals surface area contributed by atoms with Crippen LogP contribution in [-0.4, -0.2) is 23.3 Å². The van der Waals surface area contributed by atoms with Gasteiger partial charge in [-0.25, -0.2) is 0 Å². The lowest BCUT2D eigenvalue weighted by Crippen LogP contribution is -2.33. The Labute approximate surface area is 142 Å². The Kier molecular flexibility index (Phi) is 6.07. The molecule has 0 saturated carbocycles. The fourth-order valence-electron chi connectivity index (χ4n) is 2.58. The van der Waals surface area contributed by atoms with Gasteiger partial charge in [-0.15, -0.1) is 0 Å². The van der Waals surface area contributed by atoms with Gasteiger partial charge in [0.05, 0.1) is 0 Å². The molecule has 1 aromatic heterocycles. The molecule has 126 valence electrons. The quantitative estimate of drug-likeness (QED) is 0.888. The second-order valence-corrected chi connectivity index (χ2v) is 5.90. The number of benzene rings is 1. The highest BCUT2D eigenvalue weighted by Gasteiger charge is 2.14. The highest BCUT2D eigenvalue weighted by molar-refractivity contribution is 5.92. The van der Waals surface area contributed by atoms with Crippen molar-refractivity contribution >= 4 is 17.5 Å². The lowest BCUT2D eigenvalue weighted by Gasteiger charge is -2.22. The molecule has 0 fully saturated rings. The van der Waals surface area contributed by atoms with Crippen LogP contribution in [0.3, 0.4) is 0 Å². The van der Waals surface area contributed by atoms with Crippen LogP contribution in [0.15, 0.2) is 42.7 Å². The van der Waals surface area contributed by atoms with E-state index in [1.807, 2.05) is 38.1 Å². The summed E-state index contributed by atoms with van der Waals surface area (Å²) in [6, 6.07) is 9.70. The van der Waals surface area contributed by atoms with Crippen molar-refractivity contribution in [2.75, 3.05) is 11.4 Å². The Morgan fingerprint density at radius 1 is 1.08 bits per heavy atom. The summed E-state index contributed by atoms with van der Waals surface area (Å²) in [5.74, 6) is -0.149. The van der Waals surface area contributed by atoms with Crippen LogP contribution in [0.1, 0.15) is 30.0 Å². The van der Waals surface area contributed by atoms with Gasteiger partial charge in [-0.2, -0.15) is 0 Å². The van der Waals surface area contributed by atoms with Gasteiger partial charge < -0.3 is 10.2 Å². The predicted octanol–water partition coefficient (Wildman–Crippen LogP) is 2.76. The summed E-state index contributed by atoms with van der Waals surface area (Å²) in [6.07, 6.45) is 3.65. The van der Waals surface area contributed by atoms with Gasteiger partial charge in [0.25, 0.3) is 0 Å². The van der Waals surface area contributed by atoms with Gasteiger partial charge >= 0.3 is 0 Å². The van der Waals surface area contributed by atoms with Crippen LogP contribution in [-0.2, 0) is 16.1 Å². The Hall–Kier alpha value is -2.69. The van der Waals surface area contributed by atoms with E-state index in [0.29, 0.717) is 13.1 Å². The first kappa shape index (κ1) is 17.7. The molecule has 2 aromatic rings. The van der Waals surface area contributed by atoms with Crippen molar-refractivity contribution in [2.24, 2.45) is 0 Å². The number of carbonyl (C=O) groups is 2. The number of pyridine rings is 1. The summed E-state index contributed by atoms with van der Waals surface area (Å²) < 4.78 is 0. The van der Waals surface area contributed by atoms with E-state index in [-0.39, 0.29) is 18.2 Å². The molecule has 0 bridgehead atoms. The number of hydrogen-bond acceptors (Lipinski definition) is 3. The summed E-state index contributed by atoms with van der Waals surface area (Å²) in [5, 5.41) is 2.86. The predicted molar refractivity (Wildman–Crippen MR) is 94.6 cm³/mol. The zero-order valence-electron chi connectivity index (χ0n) is 14.4. The van der Waals surface area contributed by atoms with Crippen molar-refractivity contribution < 1.29 is 9.59 Å². The molecule has 2 amide bonds. The summed E-state index contributed by atoms with van der Waals surface area (Å²) in [7, 11) is 0. The number of anilines is 1. The third kappa shape index (κ3) is 5.19. The second-order valence-electron chi connectivity index (χ2n) is 5.90. The Morgan fingerprint density at radius 2 is 1.71 bits per heavy atom. The summed E-state index contributed by atoms with van der Waals surface area (Å²) in [5.41, 5.74) is 4.02. The molecule has 5 nitrogen and oxygen atoms in total. The van der Waals surface area contributed by atoms with Crippen molar-refractivity contribution in [2.45, 2.75) is 33.7 Å². The molecule has 0 radical (unpaired) electrons. The molecule has 0 unspecified atom stereocenters. The van der Waals surface area contributed by atoms with E-state index in [0.717, 1.165) is 22.4 Å². The third-order valence-electron chi connectivity index (χ3n) is 3.70. The zero-order valence-corrected chi connectivity index (χ0v) is 14.4. The Morgan fingerprint density at radius 3 is 2.29 bits per heavy atom. The molecule has 0 atom stereocenters. The molecule has 0 aliphatic rings. The molecule has 0 aliphatic heterocycles. The SMILES string of the molecule is CC(=O)N(CCC(=O)NCc1ccncc1)c1cc(C)cc(C)c1. The molecule has 2 rings (SSSR count). The maximum absolute atomic E-state index is 12.0. The molecular formula is C19H23N3O2. The summed E-state index contributed by atoms with van der Waals surface area (Å²) >= 11 is 0. The van der Waals surface area contributed by atoms with Crippen LogP contribution in [0.5, 0.6) is 0 Å². The van der Waals surface area contributed by atoms with Gasteiger partial charge in [0, 0.05) is 44.5 Å².